The summed E-state index contributed by atoms with van der Waals surface area (Å²) >= 11 is 0. The number of aromatic nitrogens is 3. The normalized spacial score (nSPS) is 17.2. The van der Waals surface area contributed by atoms with Crippen LogP contribution in [0.3, 0.4) is 0 Å². The van der Waals surface area contributed by atoms with Gasteiger partial charge in [-0.25, -0.2) is 9.78 Å². The van der Waals surface area contributed by atoms with Gasteiger partial charge in [0, 0.05) is 43.5 Å². The van der Waals surface area contributed by atoms with Gasteiger partial charge in [0.25, 0.3) is 0 Å². The van der Waals surface area contributed by atoms with E-state index in [0.717, 1.165) is 22.4 Å². The van der Waals surface area contributed by atoms with E-state index >= 15 is 0 Å². The molecule has 0 aliphatic carbocycles. The number of pyridine rings is 1. The second-order valence-electron chi connectivity index (χ2n) is 11.0. The number of fused-ring (bicyclic) bond motifs is 1. The maximum atomic E-state index is 13.7. The van der Waals surface area contributed by atoms with Crippen LogP contribution in [0.2, 0.25) is 0 Å². The Kier molecular flexibility index (Phi) is 7.71. The van der Waals surface area contributed by atoms with E-state index in [0.29, 0.717) is 31.9 Å². The van der Waals surface area contributed by atoms with Crippen LogP contribution < -0.4 is 10.2 Å². The number of rotatable bonds is 7. The molecule has 0 unspecified atom stereocenters. The lowest BCUT2D eigenvalue weighted by atomic mass is 9.89. The standard InChI is InChI=1S/C28H35FN6O3/c1-18-13-23(31-26-8-6-7-25(29)32-26)22-14-20(9-10-24(22)35(18)19(2)36)21-15-30-34(16-21)12-11-33(27(37)38)17-28(3,4)5/h6-10,14-16,18,23H,11-13,17H2,1-5H3,(H,31,32)(H,37,38)/t18-,23+/m0/s1. The summed E-state index contributed by atoms with van der Waals surface area (Å²) in [6.45, 7) is 10.8. The van der Waals surface area contributed by atoms with Crippen LogP contribution in [0.4, 0.5) is 20.7 Å². The Labute approximate surface area is 222 Å². The maximum Gasteiger partial charge on any atom is 0.407 e. The number of nitrogens with zero attached hydrogens (tertiary/aromatic N) is 5. The van der Waals surface area contributed by atoms with Crippen molar-refractivity contribution < 1.29 is 19.1 Å². The van der Waals surface area contributed by atoms with Gasteiger partial charge < -0.3 is 20.2 Å². The first kappa shape index (κ1) is 27.1. The van der Waals surface area contributed by atoms with E-state index in [1.54, 1.807) is 34.8 Å². The lowest BCUT2D eigenvalue weighted by Crippen LogP contribution is -2.43. The molecule has 0 spiro atoms. The Morgan fingerprint density at radius 1 is 1.21 bits per heavy atom. The number of carboxylic acid groups (broad SMARTS) is 1. The summed E-state index contributed by atoms with van der Waals surface area (Å²) in [5.41, 5.74) is 3.36. The minimum atomic E-state index is -0.947. The number of benzene rings is 1. The van der Waals surface area contributed by atoms with Crippen molar-refractivity contribution in [1.82, 2.24) is 19.7 Å². The summed E-state index contributed by atoms with van der Waals surface area (Å²) in [4.78, 5) is 31.3. The van der Waals surface area contributed by atoms with Crippen LogP contribution in [-0.4, -0.2) is 55.9 Å². The van der Waals surface area contributed by atoms with Crippen LogP contribution in [0.5, 0.6) is 0 Å². The molecule has 1 aromatic carbocycles. The molecule has 2 atom stereocenters. The molecule has 202 valence electrons. The Morgan fingerprint density at radius 2 is 1.97 bits per heavy atom. The SMILES string of the molecule is CC(=O)N1c2ccc(-c3cnn(CCN(CC(C)(C)C)C(=O)O)c3)cc2[C@H](Nc2cccc(F)n2)C[C@@H]1C. The molecule has 4 rings (SSSR count). The summed E-state index contributed by atoms with van der Waals surface area (Å²) in [6.07, 6.45) is 3.33. The Balaban J connectivity index is 1.60. The van der Waals surface area contributed by atoms with Crippen molar-refractivity contribution in [2.75, 3.05) is 23.3 Å². The topological polar surface area (TPSA) is 104 Å². The fourth-order valence-corrected chi connectivity index (χ4v) is 5.00. The number of amides is 2. The van der Waals surface area contributed by atoms with Gasteiger partial charge in [-0.1, -0.05) is 32.9 Å². The van der Waals surface area contributed by atoms with Crippen molar-refractivity contribution in [2.24, 2.45) is 5.41 Å². The average molecular weight is 523 g/mol. The molecule has 1 aliphatic rings. The van der Waals surface area contributed by atoms with Crippen molar-refractivity contribution in [2.45, 2.75) is 59.7 Å². The van der Waals surface area contributed by atoms with Gasteiger partial charge in [-0.2, -0.15) is 9.49 Å². The van der Waals surface area contributed by atoms with Crippen molar-refractivity contribution in [3.63, 3.8) is 0 Å². The minimum Gasteiger partial charge on any atom is -0.465 e. The highest BCUT2D eigenvalue weighted by Crippen LogP contribution is 2.41. The third-order valence-electron chi connectivity index (χ3n) is 6.56. The van der Waals surface area contributed by atoms with E-state index in [2.05, 4.69) is 15.4 Å². The van der Waals surface area contributed by atoms with Crippen LogP contribution in [0.25, 0.3) is 11.1 Å². The van der Waals surface area contributed by atoms with Crippen molar-refractivity contribution in [3.05, 3.63) is 60.3 Å². The zero-order chi connectivity index (χ0) is 27.6. The van der Waals surface area contributed by atoms with Gasteiger partial charge in [0.05, 0.1) is 18.8 Å². The molecule has 0 saturated carbocycles. The van der Waals surface area contributed by atoms with Gasteiger partial charge >= 0.3 is 6.09 Å². The second kappa shape index (κ2) is 10.8. The fourth-order valence-electron chi connectivity index (χ4n) is 5.00. The highest BCUT2D eigenvalue weighted by atomic mass is 19.1. The summed E-state index contributed by atoms with van der Waals surface area (Å²) in [5.74, 6) is -0.171. The quantitative estimate of drug-likeness (QED) is 0.402. The first-order valence-corrected chi connectivity index (χ1v) is 12.7. The fraction of sp³-hybridized carbons (Fsp3) is 0.429. The third-order valence-corrected chi connectivity index (χ3v) is 6.56. The number of hydrogen-bond acceptors (Lipinski definition) is 5. The van der Waals surface area contributed by atoms with Crippen molar-refractivity contribution in [1.29, 1.82) is 0 Å². The molecule has 38 heavy (non-hydrogen) atoms. The first-order valence-electron chi connectivity index (χ1n) is 12.7. The zero-order valence-electron chi connectivity index (χ0n) is 22.5. The molecule has 2 aromatic heterocycles. The predicted octanol–water partition coefficient (Wildman–Crippen LogP) is 5.41. The molecule has 0 radical (unpaired) electrons. The van der Waals surface area contributed by atoms with E-state index < -0.39 is 12.0 Å². The largest absolute Gasteiger partial charge is 0.465 e. The molecule has 3 heterocycles. The lowest BCUT2D eigenvalue weighted by Gasteiger charge is -2.39. The van der Waals surface area contributed by atoms with E-state index in [9.17, 15) is 19.1 Å². The molecule has 9 nitrogen and oxygen atoms in total. The number of halogens is 1. The number of anilines is 2. The van der Waals surface area contributed by atoms with E-state index in [4.69, 9.17) is 0 Å². The van der Waals surface area contributed by atoms with Gasteiger partial charge in [0.1, 0.15) is 5.82 Å². The number of nitrogens with one attached hydrogen (secondary N) is 1. The smallest absolute Gasteiger partial charge is 0.407 e. The molecule has 0 fully saturated rings. The molecule has 0 bridgehead atoms. The van der Waals surface area contributed by atoms with Gasteiger partial charge in [0.2, 0.25) is 11.9 Å². The monoisotopic (exact) mass is 522 g/mol. The summed E-state index contributed by atoms with van der Waals surface area (Å²) in [7, 11) is 0. The molecule has 2 amide bonds. The number of carbonyl (C=O) groups is 2. The van der Waals surface area contributed by atoms with E-state index in [1.165, 1.54) is 11.0 Å². The average Bonchev–Trinajstić information content (AvgIpc) is 3.29. The minimum absolute atomic E-state index is 0.0418. The third kappa shape index (κ3) is 6.30. The molecular formula is C28H35FN6O3. The second-order valence-corrected chi connectivity index (χ2v) is 11.0. The molecule has 1 aliphatic heterocycles. The Morgan fingerprint density at radius 3 is 2.63 bits per heavy atom. The molecule has 2 N–H and O–H groups in total. The highest BCUT2D eigenvalue weighted by Gasteiger charge is 2.33. The van der Waals surface area contributed by atoms with Crippen LogP contribution >= 0.6 is 0 Å². The molecule has 0 saturated heterocycles. The Bertz CT molecular complexity index is 1320. The summed E-state index contributed by atoms with van der Waals surface area (Å²) in [6, 6.07) is 10.3. The predicted molar refractivity (Wildman–Crippen MR) is 145 cm³/mol. The van der Waals surface area contributed by atoms with E-state index in [1.807, 2.05) is 52.1 Å². The van der Waals surface area contributed by atoms with Crippen molar-refractivity contribution >= 4 is 23.5 Å². The van der Waals surface area contributed by atoms with Crippen LogP contribution in [-0.2, 0) is 11.3 Å². The van der Waals surface area contributed by atoms with Crippen LogP contribution in [0.15, 0.2) is 48.8 Å². The van der Waals surface area contributed by atoms with Gasteiger partial charge in [-0.05, 0) is 54.2 Å². The van der Waals surface area contributed by atoms with Crippen LogP contribution in [0.1, 0.15) is 52.6 Å². The van der Waals surface area contributed by atoms with Gasteiger partial charge in [0.15, 0.2) is 0 Å². The molecule has 10 heteroatoms. The Hall–Kier alpha value is -3.95. The van der Waals surface area contributed by atoms with Gasteiger partial charge in [-0.15, -0.1) is 0 Å². The number of hydrogen-bond donors (Lipinski definition) is 2. The summed E-state index contributed by atoms with van der Waals surface area (Å²) in [5, 5.41) is 17.4. The van der Waals surface area contributed by atoms with Gasteiger partial charge in [-0.3, -0.25) is 9.48 Å². The summed E-state index contributed by atoms with van der Waals surface area (Å²) < 4.78 is 15.5. The molecular weight excluding hydrogens is 487 g/mol. The van der Waals surface area contributed by atoms with Crippen LogP contribution in [0, 0.1) is 11.4 Å². The maximum absolute atomic E-state index is 13.7. The zero-order valence-corrected chi connectivity index (χ0v) is 22.5. The van der Waals surface area contributed by atoms with E-state index in [-0.39, 0.29) is 23.4 Å². The molecule has 3 aromatic rings. The van der Waals surface area contributed by atoms with Crippen molar-refractivity contribution in [3.8, 4) is 11.1 Å². The lowest BCUT2D eigenvalue weighted by molar-refractivity contribution is -0.117. The number of carbonyl (C=O) groups excluding carboxylic acids is 1. The highest BCUT2D eigenvalue weighted by molar-refractivity contribution is 5.94. The first-order chi connectivity index (χ1) is 17.9.